The average Bonchev–Trinajstić information content (AvgIpc) is 2.90. The average molecular weight is 309 g/mol. The standard InChI is InChI=1S/C18H32N2S/c1-5-10-19-17-16(7-6-9-18(17,2)3)13-20(4)12-15-8-11-21-14-15/h8,11,14,16-17,19H,5-7,9-10,12-13H2,1-4H3. The van der Waals surface area contributed by atoms with E-state index in [1.807, 2.05) is 0 Å². The van der Waals surface area contributed by atoms with Crippen molar-refractivity contribution in [3.05, 3.63) is 22.4 Å². The van der Waals surface area contributed by atoms with Crippen LogP contribution in [0.25, 0.3) is 0 Å². The third-order valence-electron chi connectivity index (χ3n) is 4.90. The number of thiophene rings is 1. The van der Waals surface area contributed by atoms with Gasteiger partial charge in [-0.05, 0) is 66.6 Å². The van der Waals surface area contributed by atoms with Gasteiger partial charge in [-0.1, -0.05) is 27.2 Å². The normalized spacial score (nSPS) is 25.4. The number of nitrogens with zero attached hydrogens (tertiary/aromatic N) is 1. The third-order valence-corrected chi connectivity index (χ3v) is 5.63. The summed E-state index contributed by atoms with van der Waals surface area (Å²) in [5, 5.41) is 8.30. The van der Waals surface area contributed by atoms with E-state index >= 15 is 0 Å². The van der Waals surface area contributed by atoms with Crippen molar-refractivity contribution in [1.29, 1.82) is 0 Å². The number of hydrogen-bond acceptors (Lipinski definition) is 3. The lowest BCUT2D eigenvalue weighted by Crippen LogP contribution is -2.52. The lowest BCUT2D eigenvalue weighted by Gasteiger charge is -2.46. The molecule has 1 aliphatic carbocycles. The SMILES string of the molecule is CCCNC1C(CN(C)Cc2ccsc2)CCCC1(C)C. The molecule has 1 N–H and O–H groups in total. The van der Waals surface area contributed by atoms with Gasteiger partial charge in [-0.15, -0.1) is 0 Å². The quantitative estimate of drug-likeness (QED) is 0.804. The van der Waals surface area contributed by atoms with Crippen LogP contribution in [0.4, 0.5) is 0 Å². The summed E-state index contributed by atoms with van der Waals surface area (Å²) in [6.45, 7) is 10.6. The Morgan fingerprint density at radius 2 is 2.24 bits per heavy atom. The second-order valence-corrected chi connectivity index (χ2v) is 8.18. The summed E-state index contributed by atoms with van der Waals surface area (Å²) in [6, 6.07) is 2.91. The Labute approximate surface area is 134 Å². The van der Waals surface area contributed by atoms with E-state index in [-0.39, 0.29) is 0 Å². The van der Waals surface area contributed by atoms with Gasteiger partial charge in [0.25, 0.3) is 0 Å². The molecule has 0 saturated heterocycles. The minimum absolute atomic E-state index is 0.432. The second kappa shape index (κ2) is 7.75. The number of hydrogen-bond donors (Lipinski definition) is 1. The molecule has 1 aromatic heterocycles. The zero-order chi connectivity index (χ0) is 15.3. The summed E-state index contributed by atoms with van der Waals surface area (Å²) in [6.07, 6.45) is 5.34. The molecule has 21 heavy (non-hydrogen) atoms. The Hall–Kier alpha value is -0.380. The zero-order valence-corrected chi connectivity index (χ0v) is 15.0. The van der Waals surface area contributed by atoms with E-state index in [1.54, 1.807) is 11.3 Å². The molecule has 2 rings (SSSR count). The summed E-state index contributed by atoms with van der Waals surface area (Å²) in [5.74, 6) is 0.781. The van der Waals surface area contributed by atoms with Gasteiger partial charge in [-0.25, -0.2) is 0 Å². The number of rotatable bonds is 7. The van der Waals surface area contributed by atoms with E-state index in [0.29, 0.717) is 11.5 Å². The van der Waals surface area contributed by atoms with Gasteiger partial charge in [0.2, 0.25) is 0 Å². The highest BCUT2D eigenvalue weighted by Gasteiger charge is 2.38. The Bertz CT molecular complexity index is 399. The largest absolute Gasteiger partial charge is 0.313 e. The molecule has 0 aromatic carbocycles. The van der Waals surface area contributed by atoms with E-state index in [0.717, 1.165) is 19.0 Å². The summed E-state index contributed by atoms with van der Waals surface area (Å²) in [5.41, 5.74) is 1.89. The summed E-state index contributed by atoms with van der Waals surface area (Å²) >= 11 is 1.80. The summed E-state index contributed by atoms with van der Waals surface area (Å²) in [4.78, 5) is 2.51. The van der Waals surface area contributed by atoms with E-state index in [1.165, 1.54) is 37.8 Å². The molecule has 0 spiro atoms. The highest BCUT2D eigenvalue weighted by molar-refractivity contribution is 7.07. The Balaban J connectivity index is 1.94. The number of nitrogens with one attached hydrogen (secondary N) is 1. The maximum Gasteiger partial charge on any atom is 0.0239 e. The molecule has 1 saturated carbocycles. The fourth-order valence-electron chi connectivity index (χ4n) is 3.88. The Kier molecular flexibility index (Phi) is 6.27. The molecule has 0 radical (unpaired) electrons. The lowest BCUT2D eigenvalue weighted by atomic mass is 9.67. The molecule has 2 nitrogen and oxygen atoms in total. The molecular formula is C18H32N2S. The first-order valence-corrected chi connectivity index (χ1v) is 9.40. The molecule has 0 bridgehead atoms. The molecule has 1 fully saturated rings. The highest BCUT2D eigenvalue weighted by atomic mass is 32.1. The van der Waals surface area contributed by atoms with Crippen LogP contribution in [0.2, 0.25) is 0 Å². The summed E-state index contributed by atoms with van der Waals surface area (Å²) in [7, 11) is 2.27. The van der Waals surface area contributed by atoms with Gasteiger partial charge in [0.15, 0.2) is 0 Å². The molecule has 1 heterocycles. The van der Waals surface area contributed by atoms with Crippen molar-refractivity contribution in [2.24, 2.45) is 11.3 Å². The van der Waals surface area contributed by atoms with Crippen LogP contribution in [0.5, 0.6) is 0 Å². The van der Waals surface area contributed by atoms with Crippen LogP contribution < -0.4 is 5.32 Å². The fraction of sp³-hybridized carbons (Fsp3) is 0.778. The molecule has 1 aromatic rings. The maximum absolute atomic E-state index is 3.85. The Morgan fingerprint density at radius 3 is 2.90 bits per heavy atom. The minimum atomic E-state index is 0.432. The smallest absolute Gasteiger partial charge is 0.0239 e. The van der Waals surface area contributed by atoms with Crippen molar-refractivity contribution in [1.82, 2.24) is 10.2 Å². The molecule has 2 atom stereocenters. The van der Waals surface area contributed by atoms with Crippen LogP contribution in [0, 0.1) is 11.3 Å². The van der Waals surface area contributed by atoms with Crippen molar-refractivity contribution >= 4 is 11.3 Å². The monoisotopic (exact) mass is 308 g/mol. The predicted octanol–water partition coefficient (Wildman–Crippen LogP) is 4.37. The predicted molar refractivity (Wildman–Crippen MR) is 93.9 cm³/mol. The van der Waals surface area contributed by atoms with Crippen LogP contribution in [0.3, 0.4) is 0 Å². The lowest BCUT2D eigenvalue weighted by molar-refractivity contribution is 0.0838. The van der Waals surface area contributed by atoms with Crippen molar-refractivity contribution in [2.75, 3.05) is 20.1 Å². The highest BCUT2D eigenvalue weighted by Crippen LogP contribution is 2.39. The second-order valence-electron chi connectivity index (χ2n) is 7.40. The van der Waals surface area contributed by atoms with Crippen LogP contribution in [-0.4, -0.2) is 31.1 Å². The van der Waals surface area contributed by atoms with E-state index in [9.17, 15) is 0 Å². The topological polar surface area (TPSA) is 15.3 Å². The van der Waals surface area contributed by atoms with Crippen molar-refractivity contribution in [2.45, 2.75) is 59.0 Å². The first-order valence-electron chi connectivity index (χ1n) is 8.46. The molecule has 1 aliphatic rings. The van der Waals surface area contributed by atoms with Crippen molar-refractivity contribution in [3.63, 3.8) is 0 Å². The minimum Gasteiger partial charge on any atom is -0.313 e. The maximum atomic E-state index is 3.85. The van der Waals surface area contributed by atoms with Gasteiger partial charge >= 0.3 is 0 Å². The van der Waals surface area contributed by atoms with Gasteiger partial charge in [-0.2, -0.15) is 11.3 Å². The van der Waals surface area contributed by atoms with Crippen LogP contribution >= 0.6 is 11.3 Å². The van der Waals surface area contributed by atoms with Crippen molar-refractivity contribution < 1.29 is 0 Å². The van der Waals surface area contributed by atoms with E-state index in [4.69, 9.17) is 0 Å². The van der Waals surface area contributed by atoms with Gasteiger partial charge in [0.05, 0.1) is 0 Å². The Morgan fingerprint density at radius 1 is 1.43 bits per heavy atom. The van der Waals surface area contributed by atoms with Gasteiger partial charge in [0, 0.05) is 19.1 Å². The van der Waals surface area contributed by atoms with Gasteiger partial charge in [-0.3, -0.25) is 0 Å². The van der Waals surface area contributed by atoms with Crippen LogP contribution in [-0.2, 0) is 6.54 Å². The first-order chi connectivity index (χ1) is 10.0. The van der Waals surface area contributed by atoms with E-state index in [2.05, 4.69) is 54.9 Å². The molecule has 0 aliphatic heterocycles. The van der Waals surface area contributed by atoms with Gasteiger partial charge < -0.3 is 10.2 Å². The van der Waals surface area contributed by atoms with Crippen molar-refractivity contribution in [3.8, 4) is 0 Å². The molecule has 0 amide bonds. The molecular weight excluding hydrogens is 276 g/mol. The molecule has 2 unspecified atom stereocenters. The summed E-state index contributed by atoms with van der Waals surface area (Å²) < 4.78 is 0. The zero-order valence-electron chi connectivity index (χ0n) is 14.2. The first kappa shape index (κ1) is 17.0. The van der Waals surface area contributed by atoms with Crippen LogP contribution in [0.15, 0.2) is 16.8 Å². The van der Waals surface area contributed by atoms with Gasteiger partial charge in [0.1, 0.15) is 0 Å². The molecule has 120 valence electrons. The fourth-order valence-corrected chi connectivity index (χ4v) is 4.54. The third kappa shape index (κ3) is 4.80. The molecule has 3 heteroatoms. The van der Waals surface area contributed by atoms with Crippen LogP contribution in [0.1, 0.15) is 52.0 Å². The van der Waals surface area contributed by atoms with E-state index < -0.39 is 0 Å².